The van der Waals surface area contributed by atoms with E-state index in [1.54, 1.807) is 0 Å². The van der Waals surface area contributed by atoms with Crippen molar-refractivity contribution in [3.05, 3.63) is 74.3 Å². The van der Waals surface area contributed by atoms with Crippen molar-refractivity contribution in [3.8, 4) is 0 Å². The van der Waals surface area contributed by atoms with Gasteiger partial charge in [-0.1, -0.05) is 81.5 Å². The van der Waals surface area contributed by atoms with Crippen LogP contribution in [0, 0.1) is 27.7 Å². The molecule has 0 aliphatic heterocycles. The molecule has 110 valence electrons. The third-order valence-corrected chi connectivity index (χ3v) is 4.56. The normalized spacial score (nSPS) is 10.6. The highest BCUT2D eigenvalue weighted by Gasteiger charge is 2.11. The molecule has 0 saturated carbocycles. The van der Waals surface area contributed by atoms with Gasteiger partial charge in [-0.15, -0.1) is 0 Å². The molecule has 0 radical (unpaired) electrons. The van der Waals surface area contributed by atoms with Gasteiger partial charge >= 0.3 is 0 Å². The van der Waals surface area contributed by atoms with Crippen molar-refractivity contribution in [1.29, 1.82) is 0 Å². The van der Waals surface area contributed by atoms with Gasteiger partial charge in [0.05, 0.1) is 0 Å². The summed E-state index contributed by atoms with van der Waals surface area (Å²) in [6, 6.07) is 13.5. The van der Waals surface area contributed by atoms with E-state index in [4.69, 9.17) is 0 Å². The molecule has 0 aliphatic rings. The summed E-state index contributed by atoms with van der Waals surface area (Å²) in [4.78, 5) is 0. The number of allylic oxidation sites excluding steroid dienone is 1. The first-order chi connectivity index (χ1) is 9.90. The van der Waals surface area contributed by atoms with E-state index in [0.717, 1.165) is 6.42 Å². The number of hydrogen-bond donors (Lipinski definition) is 0. The number of halogens is 1. The number of aryl methyl sites for hydroxylation is 4. The van der Waals surface area contributed by atoms with Crippen molar-refractivity contribution >= 4 is 21.5 Å². The molecule has 0 saturated heterocycles. The highest BCUT2D eigenvalue weighted by atomic mass is 79.9. The molecule has 0 N–H and O–H groups in total. The Morgan fingerprint density at radius 1 is 0.714 bits per heavy atom. The van der Waals surface area contributed by atoms with Crippen molar-refractivity contribution in [2.45, 2.75) is 41.0 Å². The number of benzene rings is 2. The topological polar surface area (TPSA) is 0 Å². The third kappa shape index (κ3) is 3.85. The fraction of sp³-hybridized carbons (Fsp3) is 0.300. The van der Waals surface area contributed by atoms with E-state index in [9.17, 15) is 0 Å². The summed E-state index contributed by atoms with van der Waals surface area (Å²) in [7, 11) is 0. The zero-order valence-electron chi connectivity index (χ0n) is 13.5. The predicted octanol–water partition coefficient (Wildman–Crippen LogP) is 6.48. The Labute approximate surface area is 137 Å². The van der Waals surface area contributed by atoms with E-state index >= 15 is 0 Å². The molecule has 0 aliphatic carbocycles. The minimum Gasteiger partial charge on any atom is -0.0608 e. The molecule has 0 fully saturated rings. The van der Waals surface area contributed by atoms with Crippen LogP contribution in [0.4, 0.5) is 0 Å². The molecule has 0 spiro atoms. The van der Waals surface area contributed by atoms with Crippen LogP contribution in [0.5, 0.6) is 0 Å². The molecular weight excluding hydrogens is 320 g/mol. The van der Waals surface area contributed by atoms with E-state index in [2.05, 4.69) is 86.9 Å². The van der Waals surface area contributed by atoms with Gasteiger partial charge < -0.3 is 0 Å². The van der Waals surface area contributed by atoms with Crippen molar-refractivity contribution in [1.82, 2.24) is 0 Å². The third-order valence-electron chi connectivity index (χ3n) is 3.60. The quantitative estimate of drug-likeness (QED) is 0.598. The van der Waals surface area contributed by atoms with E-state index in [0.29, 0.717) is 0 Å². The van der Waals surface area contributed by atoms with Gasteiger partial charge in [-0.25, -0.2) is 0 Å². The number of hydrogen-bond acceptors (Lipinski definition) is 0. The Kier molecular flexibility index (Phi) is 5.05. The first-order valence-electron chi connectivity index (χ1n) is 7.46. The Balaban J connectivity index is 2.70. The second kappa shape index (κ2) is 6.62. The van der Waals surface area contributed by atoms with Gasteiger partial charge in [0.15, 0.2) is 0 Å². The lowest BCUT2D eigenvalue weighted by molar-refractivity contribution is 1.20. The Bertz CT molecular complexity index is 599. The first kappa shape index (κ1) is 16.0. The fourth-order valence-electron chi connectivity index (χ4n) is 2.89. The molecule has 0 bridgehead atoms. The van der Waals surface area contributed by atoms with Gasteiger partial charge in [0.1, 0.15) is 0 Å². The van der Waals surface area contributed by atoms with Crippen molar-refractivity contribution < 1.29 is 0 Å². The van der Waals surface area contributed by atoms with Crippen LogP contribution in [0.3, 0.4) is 0 Å². The van der Waals surface area contributed by atoms with Gasteiger partial charge in [0.2, 0.25) is 0 Å². The maximum absolute atomic E-state index is 3.79. The zero-order valence-corrected chi connectivity index (χ0v) is 15.1. The summed E-state index contributed by atoms with van der Waals surface area (Å²) in [5.41, 5.74) is 9.15. The summed E-state index contributed by atoms with van der Waals surface area (Å²) >= 11 is 3.79. The molecule has 2 aromatic rings. The Morgan fingerprint density at radius 3 is 1.33 bits per heavy atom. The molecule has 0 heterocycles. The standard InChI is InChI=1S/C20H23Br/c1-6-19(21)20(17-9-13(2)7-14(3)10-17)18-11-15(4)8-16(5)12-18/h7-12H,6H2,1-5H3. The van der Waals surface area contributed by atoms with E-state index in [1.807, 2.05) is 0 Å². The van der Waals surface area contributed by atoms with Gasteiger partial charge in [0, 0.05) is 4.48 Å². The highest BCUT2D eigenvalue weighted by molar-refractivity contribution is 9.11. The molecule has 0 unspecified atom stereocenters. The molecule has 1 heteroatoms. The van der Waals surface area contributed by atoms with Gasteiger partial charge in [-0.2, -0.15) is 0 Å². The summed E-state index contributed by atoms with van der Waals surface area (Å²) < 4.78 is 1.26. The van der Waals surface area contributed by atoms with Crippen LogP contribution in [-0.4, -0.2) is 0 Å². The van der Waals surface area contributed by atoms with Crippen LogP contribution in [0.25, 0.3) is 5.57 Å². The number of rotatable bonds is 3. The lowest BCUT2D eigenvalue weighted by atomic mass is 9.92. The van der Waals surface area contributed by atoms with Gasteiger partial charge in [0.25, 0.3) is 0 Å². The first-order valence-corrected chi connectivity index (χ1v) is 8.26. The summed E-state index contributed by atoms with van der Waals surface area (Å²) in [5.74, 6) is 0. The zero-order chi connectivity index (χ0) is 15.6. The van der Waals surface area contributed by atoms with E-state index in [1.165, 1.54) is 43.4 Å². The highest BCUT2D eigenvalue weighted by Crippen LogP contribution is 2.33. The monoisotopic (exact) mass is 342 g/mol. The van der Waals surface area contributed by atoms with Crippen molar-refractivity contribution in [2.75, 3.05) is 0 Å². The van der Waals surface area contributed by atoms with Crippen molar-refractivity contribution in [2.24, 2.45) is 0 Å². The van der Waals surface area contributed by atoms with Crippen LogP contribution >= 0.6 is 15.9 Å². The Hall–Kier alpha value is -1.34. The molecular formula is C20H23Br. The maximum Gasteiger partial charge on any atom is 0.00323 e. The molecule has 2 aromatic carbocycles. The van der Waals surface area contributed by atoms with Crippen LogP contribution < -0.4 is 0 Å². The molecule has 0 atom stereocenters. The average Bonchev–Trinajstić information content (AvgIpc) is 2.36. The molecule has 0 aromatic heterocycles. The van der Waals surface area contributed by atoms with Crippen LogP contribution in [0.1, 0.15) is 46.7 Å². The van der Waals surface area contributed by atoms with Gasteiger partial charge in [-0.05, 0) is 50.8 Å². The predicted molar refractivity (Wildman–Crippen MR) is 97.1 cm³/mol. The second-order valence-electron chi connectivity index (χ2n) is 5.89. The van der Waals surface area contributed by atoms with E-state index in [-0.39, 0.29) is 0 Å². The average molecular weight is 343 g/mol. The summed E-state index contributed by atoms with van der Waals surface area (Å²) in [6.45, 7) is 10.8. The SMILES string of the molecule is CCC(Br)=C(c1cc(C)cc(C)c1)c1cc(C)cc(C)c1. The largest absolute Gasteiger partial charge is 0.0608 e. The molecule has 2 rings (SSSR count). The second-order valence-corrected chi connectivity index (χ2v) is 6.84. The maximum atomic E-state index is 3.79. The van der Waals surface area contributed by atoms with Crippen LogP contribution in [0.15, 0.2) is 40.9 Å². The minimum absolute atomic E-state index is 0.995. The summed E-state index contributed by atoms with van der Waals surface area (Å²) in [6.07, 6.45) is 0.995. The molecule has 0 amide bonds. The lowest BCUT2D eigenvalue weighted by Gasteiger charge is -2.15. The molecule has 21 heavy (non-hydrogen) atoms. The van der Waals surface area contributed by atoms with Gasteiger partial charge in [-0.3, -0.25) is 0 Å². The lowest BCUT2D eigenvalue weighted by Crippen LogP contribution is -1.94. The summed E-state index contributed by atoms with van der Waals surface area (Å²) in [5, 5.41) is 0. The van der Waals surface area contributed by atoms with E-state index < -0.39 is 0 Å². The minimum atomic E-state index is 0.995. The van der Waals surface area contributed by atoms with Crippen molar-refractivity contribution in [3.63, 3.8) is 0 Å². The smallest absolute Gasteiger partial charge is 0.00323 e. The Morgan fingerprint density at radius 2 is 1.05 bits per heavy atom. The van der Waals surface area contributed by atoms with Crippen LogP contribution in [0.2, 0.25) is 0 Å². The fourth-order valence-corrected chi connectivity index (χ4v) is 3.35. The van der Waals surface area contributed by atoms with Crippen LogP contribution in [-0.2, 0) is 0 Å². The molecule has 0 nitrogen and oxygen atoms in total.